The Morgan fingerprint density at radius 3 is 2.52 bits per heavy atom. The van der Waals surface area contributed by atoms with Crippen molar-refractivity contribution >= 4 is 11.6 Å². The standard InChI is InChI=1S/C16H24ClNO3/c17-13-4-6-15(7-5-13)21-11-14(19)10-18-12-16(20)8-2-1-3-9-16/h4-7,14,18-20H,1-3,8-12H2. The van der Waals surface area contributed by atoms with E-state index in [2.05, 4.69) is 5.32 Å². The molecule has 118 valence electrons. The highest BCUT2D eigenvalue weighted by Crippen LogP contribution is 2.27. The summed E-state index contributed by atoms with van der Waals surface area (Å²) in [6.45, 7) is 1.16. The molecule has 2 rings (SSSR count). The van der Waals surface area contributed by atoms with Crippen LogP contribution in [0.2, 0.25) is 5.02 Å². The maximum atomic E-state index is 10.3. The third-order valence-corrected chi connectivity index (χ3v) is 4.13. The van der Waals surface area contributed by atoms with Crippen molar-refractivity contribution in [2.45, 2.75) is 43.8 Å². The van der Waals surface area contributed by atoms with Crippen molar-refractivity contribution in [3.63, 3.8) is 0 Å². The van der Waals surface area contributed by atoms with E-state index >= 15 is 0 Å². The van der Waals surface area contributed by atoms with Crippen LogP contribution in [0.1, 0.15) is 32.1 Å². The van der Waals surface area contributed by atoms with Gasteiger partial charge in [0.2, 0.25) is 0 Å². The molecule has 1 aromatic carbocycles. The summed E-state index contributed by atoms with van der Waals surface area (Å²) < 4.78 is 5.48. The fourth-order valence-corrected chi connectivity index (χ4v) is 2.77. The predicted molar refractivity (Wildman–Crippen MR) is 83.9 cm³/mol. The molecule has 0 radical (unpaired) electrons. The Balaban J connectivity index is 1.63. The molecule has 1 aliphatic rings. The van der Waals surface area contributed by atoms with E-state index in [-0.39, 0.29) is 6.61 Å². The molecule has 0 saturated heterocycles. The van der Waals surface area contributed by atoms with Gasteiger partial charge in [-0.2, -0.15) is 0 Å². The summed E-state index contributed by atoms with van der Waals surface area (Å²) in [5.74, 6) is 0.685. The van der Waals surface area contributed by atoms with Gasteiger partial charge >= 0.3 is 0 Å². The first-order valence-corrected chi connectivity index (χ1v) is 7.95. The quantitative estimate of drug-likeness (QED) is 0.723. The van der Waals surface area contributed by atoms with Crippen LogP contribution in [-0.4, -0.2) is 41.6 Å². The minimum atomic E-state index is -0.604. The van der Waals surface area contributed by atoms with Gasteiger partial charge < -0.3 is 20.3 Å². The molecule has 5 heteroatoms. The van der Waals surface area contributed by atoms with Crippen LogP contribution in [0.25, 0.3) is 0 Å². The van der Waals surface area contributed by atoms with E-state index in [9.17, 15) is 10.2 Å². The fourth-order valence-electron chi connectivity index (χ4n) is 2.64. The number of ether oxygens (including phenoxy) is 1. The second-order valence-corrected chi connectivity index (χ2v) is 6.27. The average molecular weight is 314 g/mol. The molecule has 0 amide bonds. The van der Waals surface area contributed by atoms with Gasteiger partial charge in [0.1, 0.15) is 18.5 Å². The van der Waals surface area contributed by atoms with Gasteiger partial charge in [-0.25, -0.2) is 0 Å². The van der Waals surface area contributed by atoms with Gasteiger partial charge in [0.05, 0.1) is 5.60 Å². The monoisotopic (exact) mass is 313 g/mol. The highest BCUT2D eigenvalue weighted by molar-refractivity contribution is 6.30. The highest BCUT2D eigenvalue weighted by atomic mass is 35.5. The van der Waals surface area contributed by atoms with E-state index in [1.807, 2.05) is 0 Å². The summed E-state index contributed by atoms with van der Waals surface area (Å²) >= 11 is 5.79. The SMILES string of the molecule is OC(CNCC1(O)CCCCC1)COc1ccc(Cl)cc1. The zero-order valence-electron chi connectivity index (χ0n) is 12.2. The molecule has 21 heavy (non-hydrogen) atoms. The fraction of sp³-hybridized carbons (Fsp3) is 0.625. The molecule has 1 atom stereocenters. The topological polar surface area (TPSA) is 61.7 Å². The Kier molecular flexibility index (Phi) is 6.30. The van der Waals surface area contributed by atoms with Crippen molar-refractivity contribution in [2.24, 2.45) is 0 Å². The smallest absolute Gasteiger partial charge is 0.119 e. The van der Waals surface area contributed by atoms with Gasteiger partial charge in [0.25, 0.3) is 0 Å². The summed E-state index contributed by atoms with van der Waals surface area (Å²) in [4.78, 5) is 0. The summed E-state index contributed by atoms with van der Waals surface area (Å²) in [5.41, 5.74) is -0.602. The second-order valence-electron chi connectivity index (χ2n) is 5.83. The van der Waals surface area contributed by atoms with E-state index in [4.69, 9.17) is 16.3 Å². The Bertz CT molecular complexity index is 418. The Labute approximate surface area is 131 Å². The lowest BCUT2D eigenvalue weighted by molar-refractivity contribution is 0.00142. The van der Waals surface area contributed by atoms with Gasteiger partial charge in [0.15, 0.2) is 0 Å². The molecule has 1 aliphatic carbocycles. The first-order valence-electron chi connectivity index (χ1n) is 7.57. The maximum absolute atomic E-state index is 10.3. The van der Waals surface area contributed by atoms with Crippen molar-refractivity contribution in [3.8, 4) is 5.75 Å². The second kappa shape index (κ2) is 7.99. The molecule has 0 heterocycles. The summed E-state index contributed by atoms with van der Waals surface area (Å²) in [6.07, 6.45) is 4.46. The summed E-state index contributed by atoms with van der Waals surface area (Å²) in [6, 6.07) is 7.04. The van der Waals surface area contributed by atoms with Gasteiger partial charge in [-0.3, -0.25) is 0 Å². The largest absolute Gasteiger partial charge is 0.491 e. The molecule has 1 aromatic rings. The summed E-state index contributed by atoms with van der Waals surface area (Å²) in [5, 5.41) is 24.0. The van der Waals surface area contributed by atoms with Gasteiger partial charge in [-0.15, -0.1) is 0 Å². The number of benzene rings is 1. The normalized spacial score (nSPS) is 19.2. The van der Waals surface area contributed by atoms with E-state index in [0.29, 0.717) is 23.9 Å². The van der Waals surface area contributed by atoms with E-state index < -0.39 is 11.7 Å². The van der Waals surface area contributed by atoms with Crippen LogP contribution < -0.4 is 10.1 Å². The minimum Gasteiger partial charge on any atom is -0.491 e. The van der Waals surface area contributed by atoms with Crippen molar-refractivity contribution < 1.29 is 14.9 Å². The Morgan fingerprint density at radius 1 is 1.19 bits per heavy atom. The number of hydrogen-bond donors (Lipinski definition) is 3. The number of hydrogen-bond acceptors (Lipinski definition) is 4. The number of nitrogens with one attached hydrogen (secondary N) is 1. The van der Waals surface area contributed by atoms with Gasteiger partial charge in [-0.05, 0) is 37.1 Å². The summed E-state index contributed by atoms with van der Waals surface area (Å²) in [7, 11) is 0. The van der Waals surface area contributed by atoms with Crippen molar-refractivity contribution in [1.29, 1.82) is 0 Å². The van der Waals surface area contributed by atoms with Crippen LogP contribution in [0.5, 0.6) is 5.75 Å². The van der Waals surface area contributed by atoms with E-state index in [1.165, 1.54) is 6.42 Å². The highest BCUT2D eigenvalue weighted by Gasteiger charge is 2.28. The lowest BCUT2D eigenvalue weighted by Crippen LogP contribution is -2.44. The number of aliphatic hydroxyl groups is 2. The molecule has 0 spiro atoms. The molecule has 3 N–H and O–H groups in total. The molecule has 0 aromatic heterocycles. The van der Waals surface area contributed by atoms with Crippen LogP contribution in [0.3, 0.4) is 0 Å². The molecule has 0 aliphatic heterocycles. The molecular formula is C16H24ClNO3. The van der Waals surface area contributed by atoms with Crippen molar-refractivity contribution in [2.75, 3.05) is 19.7 Å². The first kappa shape index (κ1) is 16.6. The molecular weight excluding hydrogens is 290 g/mol. The Morgan fingerprint density at radius 2 is 1.86 bits per heavy atom. The number of halogens is 1. The molecule has 4 nitrogen and oxygen atoms in total. The van der Waals surface area contributed by atoms with Crippen LogP contribution in [0.4, 0.5) is 0 Å². The van der Waals surface area contributed by atoms with Crippen LogP contribution in [0, 0.1) is 0 Å². The van der Waals surface area contributed by atoms with Crippen LogP contribution in [-0.2, 0) is 0 Å². The minimum absolute atomic E-state index is 0.215. The zero-order chi connectivity index (χ0) is 15.1. The van der Waals surface area contributed by atoms with Crippen molar-refractivity contribution in [1.82, 2.24) is 5.32 Å². The lowest BCUT2D eigenvalue weighted by atomic mass is 9.85. The molecule has 0 bridgehead atoms. The third kappa shape index (κ3) is 5.83. The number of rotatable bonds is 7. The predicted octanol–water partition coefficient (Wildman–Crippen LogP) is 2.36. The lowest BCUT2D eigenvalue weighted by Gasteiger charge is -2.32. The molecule has 1 saturated carbocycles. The third-order valence-electron chi connectivity index (χ3n) is 3.87. The van der Waals surface area contributed by atoms with E-state index in [0.717, 1.165) is 25.7 Å². The van der Waals surface area contributed by atoms with Crippen molar-refractivity contribution in [3.05, 3.63) is 29.3 Å². The van der Waals surface area contributed by atoms with Gasteiger partial charge in [-0.1, -0.05) is 30.9 Å². The first-order chi connectivity index (χ1) is 10.1. The Hall–Kier alpha value is -0.810. The number of aliphatic hydroxyl groups excluding tert-OH is 1. The zero-order valence-corrected chi connectivity index (χ0v) is 13.0. The van der Waals surface area contributed by atoms with Crippen LogP contribution in [0.15, 0.2) is 24.3 Å². The van der Waals surface area contributed by atoms with Crippen LogP contribution >= 0.6 is 11.6 Å². The van der Waals surface area contributed by atoms with E-state index in [1.54, 1.807) is 24.3 Å². The average Bonchev–Trinajstić information content (AvgIpc) is 2.47. The molecule has 1 fully saturated rings. The maximum Gasteiger partial charge on any atom is 0.119 e. The molecule has 1 unspecified atom stereocenters. The van der Waals surface area contributed by atoms with Gasteiger partial charge in [0, 0.05) is 18.1 Å².